The molecule has 7 heteroatoms. The molecule has 1 aliphatic rings. The summed E-state index contributed by atoms with van der Waals surface area (Å²) in [5.41, 5.74) is -3.44. The Morgan fingerprint density at radius 1 is 1.35 bits per heavy atom. The van der Waals surface area contributed by atoms with E-state index in [1.807, 2.05) is 0 Å². The normalized spacial score (nSPS) is 21.1. The Hall–Kier alpha value is -1.60. The van der Waals surface area contributed by atoms with Crippen molar-refractivity contribution in [3.63, 3.8) is 0 Å². The van der Waals surface area contributed by atoms with Gasteiger partial charge >= 0.3 is 12.1 Å². The van der Waals surface area contributed by atoms with Gasteiger partial charge in [-0.15, -0.1) is 0 Å². The second kappa shape index (κ2) is 5.41. The van der Waals surface area contributed by atoms with Crippen LogP contribution >= 0.6 is 0 Å². The zero-order valence-corrected chi connectivity index (χ0v) is 10.6. The fourth-order valence-corrected chi connectivity index (χ4v) is 1.82. The van der Waals surface area contributed by atoms with Crippen LogP contribution in [0.1, 0.15) is 5.56 Å². The van der Waals surface area contributed by atoms with Gasteiger partial charge in [0.1, 0.15) is 12.7 Å². The van der Waals surface area contributed by atoms with E-state index in [0.29, 0.717) is 6.61 Å². The third-order valence-electron chi connectivity index (χ3n) is 2.98. The number of hydrogen-bond acceptors (Lipinski definition) is 4. The van der Waals surface area contributed by atoms with E-state index in [2.05, 4.69) is 4.74 Å². The summed E-state index contributed by atoms with van der Waals surface area (Å²) in [6.45, 7) is 0.164. The highest BCUT2D eigenvalue weighted by molar-refractivity contribution is 5.82. The molecule has 0 amide bonds. The van der Waals surface area contributed by atoms with Gasteiger partial charge in [0, 0.05) is 12.7 Å². The predicted octanol–water partition coefficient (Wildman–Crippen LogP) is 2.03. The highest BCUT2D eigenvalue weighted by Gasteiger charge is 2.64. The largest absolute Gasteiger partial charge is 0.460 e. The molecule has 4 nitrogen and oxygen atoms in total. The molecule has 2 rings (SSSR count). The maximum Gasteiger partial charge on any atom is 0.432 e. The first kappa shape index (κ1) is 14.8. The summed E-state index contributed by atoms with van der Waals surface area (Å²) in [5.74, 6) is -1.49. The molecule has 1 fully saturated rings. The van der Waals surface area contributed by atoms with Crippen LogP contribution in [0.2, 0.25) is 0 Å². The quantitative estimate of drug-likeness (QED) is 0.615. The van der Waals surface area contributed by atoms with Crippen LogP contribution in [-0.2, 0) is 24.6 Å². The number of hydrogen-bond donors (Lipinski definition) is 0. The minimum atomic E-state index is -4.94. The molecule has 0 N–H and O–H groups in total. The lowest BCUT2D eigenvalue weighted by atomic mass is 9.93. The molecule has 1 heterocycles. The van der Waals surface area contributed by atoms with Crippen LogP contribution in [-0.4, -0.2) is 38.6 Å². The molecule has 1 aromatic carbocycles. The Kier molecular flexibility index (Phi) is 4.01. The molecule has 0 aliphatic carbocycles. The first-order valence-electron chi connectivity index (χ1n) is 5.88. The Morgan fingerprint density at radius 3 is 2.40 bits per heavy atom. The van der Waals surface area contributed by atoms with E-state index >= 15 is 0 Å². The topological polar surface area (TPSA) is 48.1 Å². The summed E-state index contributed by atoms with van der Waals surface area (Å²) in [4.78, 5) is 12.0. The van der Waals surface area contributed by atoms with Crippen molar-refractivity contribution >= 4 is 5.97 Å². The molecule has 20 heavy (non-hydrogen) atoms. The maximum absolute atomic E-state index is 13.4. The number of carbonyl (C=O) groups is 1. The molecule has 0 spiro atoms. The van der Waals surface area contributed by atoms with Crippen molar-refractivity contribution in [2.24, 2.45) is 0 Å². The van der Waals surface area contributed by atoms with Gasteiger partial charge in [-0.25, -0.2) is 4.79 Å². The van der Waals surface area contributed by atoms with Gasteiger partial charge in [0.05, 0.1) is 6.61 Å². The molecule has 0 aromatic heterocycles. The number of benzene rings is 1. The first-order chi connectivity index (χ1) is 9.41. The molecule has 1 aromatic rings. The van der Waals surface area contributed by atoms with Gasteiger partial charge in [0.25, 0.3) is 5.60 Å². The standard InChI is InChI=1S/C13H13F3O4/c1-18-12(13(14,15)16,9-5-3-2-4-6-9)11(17)20-8-10-7-19-10/h2-6,10H,7-8H2,1H3/t10-,12-/m0/s1. The van der Waals surface area contributed by atoms with E-state index in [4.69, 9.17) is 9.47 Å². The monoisotopic (exact) mass is 290 g/mol. The van der Waals surface area contributed by atoms with Crippen molar-refractivity contribution in [3.8, 4) is 0 Å². The van der Waals surface area contributed by atoms with Crippen molar-refractivity contribution in [3.05, 3.63) is 35.9 Å². The summed E-state index contributed by atoms with van der Waals surface area (Å²) < 4.78 is 54.2. The van der Waals surface area contributed by atoms with Crippen molar-refractivity contribution in [1.29, 1.82) is 0 Å². The van der Waals surface area contributed by atoms with Gasteiger partial charge < -0.3 is 14.2 Å². The van der Waals surface area contributed by atoms with Gasteiger partial charge in [-0.05, 0) is 0 Å². The summed E-state index contributed by atoms with van der Waals surface area (Å²) in [5, 5.41) is 0. The van der Waals surface area contributed by atoms with E-state index in [1.165, 1.54) is 24.3 Å². The lowest BCUT2D eigenvalue weighted by molar-refractivity contribution is -0.276. The number of rotatable bonds is 5. The lowest BCUT2D eigenvalue weighted by Gasteiger charge is -2.32. The number of halogens is 3. The van der Waals surface area contributed by atoms with Crippen LogP contribution in [0.3, 0.4) is 0 Å². The van der Waals surface area contributed by atoms with Crippen LogP contribution < -0.4 is 0 Å². The first-order valence-corrected chi connectivity index (χ1v) is 5.88. The smallest absolute Gasteiger partial charge is 0.432 e. The average molecular weight is 290 g/mol. The second-order valence-corrected chi connectivity index (χ2v) is 4.30. The summed E-state index contributed by atoms with van der Waals surface area (Å²) >= 11 is 0. The number of methoxy groups -OCH3 is 1. The van der Waals surface area contributed by atoms with Crippen molar-refractivity contribution in [1.82, 2.24) is 0 Å². The Balaban J connectivity index is 2.34. The van der Waals surface area contributed by atoms with E-state index in [9.17, 15) is 18.0 Å². The molecule has 0 radical (unpaired) electrons. The minimum Gasteiger partial charge on any atom is -0.460 e. The van der Waals surface area contributed by atoms with E-state index < -0.39 is 17.7 Å². The highest BCUT2D eigenvalue weighted by atomic mass is 19.4. The summed E-state index contributed by atoms with van der Waals surface area (Å²) in [7, 11) is 0.829. The summed E-state index contributed by atoms with van der Waals surface area (Å²) in [6.07, 6.45) is -5.26. The van der Waals surface area contributed by atoms with Crippen LogP contribution in [0.15, 0.2) is 30.3 Å². The molecule has 110 valence electrons. The number of epoxide rings is 1. The van der Waals surface area contributed by atoms with Gasteiger partial charge in [0.2, 0.25) is 0 Å². The zero-order chi connectivity index (χ0) is 14.8. The molecule has 0 bridgehead atoms. The van der Waals surface area contributed by atoms with E-state index in [-0.39, 0.29) is 18.3 Å². The van der Waals surface area contributed by atoms with Crippen LogP contribution in [0.4, 0.5) is 13.2 Å². The Morgan fingerprint density at radius 2 is 1.95 bits per heavy atom. The lowest BCUT2D eigenvalue weighted by Crippen LogP contribution is -2.52. The fourth-order valence-electron chi connectivity index (χ4n) is 1.82. The van der Waals surface area contributed by atoms with Crippen molar-refractivity contribution in [2.45, 2.75) is 17.9 Å². The molecule has 0 unspecified atom stereocenters. The number of alkyl halides is 3. The third kappa shape index (κ3) is 2.64. The molecule has 2 atom stereocenters. The third-order valence-corrected chi connectivity index (χ3v) is 2.98. The fraction of sp³-hybridized carbons (Fsp3) is 0.462. The number of ether oxygens (including phenoxy) is 3. The maximum atomic E-state index is 13.4. The Bertz CT molecular complexity index is 470. The predicted molar refractivity (Wildman–Crippen MR) is 61.9 cm³/mol. The minimum absolute atomic E-state index is 0.215. The van der Waals surface area contributed by atoms with Crippen molar-refractivity contribution in [2.75, 3.05) is 20.3 Å². The van der Waals surface area contributed by atoms with E-state index in [0.717, 1.165) is 7.11 Å². The second-order valence-electron chi connectivity index (χ2n) is 4.30. The Labute approximate surface area is 113 Å². The zero-order valence-electron chi connectivity index (χ0n) is 10.6. The molecule has 1 aliphatic heterocycles. The van der Waals surface area contributed by atoms with E-state index in [1.54, 1.807) is 6.07 Å². The van der Waals surface area contributed by atoms with Gasteiger partial charge in [-0.3, -0.25) is 0 Å². The van der Waals surface area contributed by atoms with Crippen LogP contribution in [0.25, 0.3) is 0 Å². The van der Waals surface area contributed by atoms with Crippen LogP contribution in [0.5, 0.6) is 0 Å². The summed E-state index contributed by atoms with van der Waals surface area (Å²) in [6, 6.07) is 6.68. The average Bonchev–Trinajstić information content (AvgIpc) is 3.21. The molecular formula is C13H13F3O4. The number of carbonyl (C=O) groups excluding carboxylic acids is 1. The highest BCUT2D eigenvalue weighted by Crippen LogP contribution is 2.43. The molecule has 1 saturated heterocycles. The van der Waals surface area contributed by atoms with Gasteiger partial charge in [0.15, 0.2) is 0 Å². The molecular weight excluding hydrogens is 277 g/mol. The van der Waals surface area contributed by atoms with Crippen LogP contribution in [0, 0.1) is 0 Å². The number of esters is 1. The molecule has 0 saturated carbocycles. The van der Waals surface area contributed by atoms with Gasteiger partial charge in [-0.2, -0.15) is 13.2 Å². The van der Waals surface area contributed by atoms with Gasteiger partial charge in [-0.1, -0.05) is 30.3 Å². The SMILES string of the molecule is CO[C@](C(=O)OC[C@@H]1CO1)(c1ccccc1)C(F)(F)F. The van der Waals surface area contributed by atoms with Crippen molar-refractivity contribution < 1.29 is 32.2 Å².